The van der Waals surface area contributed by atoms with Gasteiger partial charge in [0, 0.05) is 24.0 Å². The Labute approximate surface area is 240 Å². The van der Waals surface area contributed by atoms with Crippen LogP contribution in [0.25, 0.3) is 0 Å². The van der Waals surface area contributed by atoms with Crippen LogP contribution >= 0.6 is 15.9 Å². The van der Waals surface area contributed by atoms with Crippen molar-refractivity contribution in [3.8, 4) is 0 Å². The molecule has 2 amide bonds. The molecule has 0 spiro atoms. The van der Waals surface area contributed by atoms with Gasteiger partial charge in [-0.15, -0.1) is 0 Å². The molecule has 3 aromatic carbocycles. The van der Waals surface area contributed by atoms with Gasteiger partial charge in [-0.3, -0.25) is 13.9 Å². The van der Waals surface area contributed by atoms with Crippen LogP contribution in [0, 0.1) is 0 Å². The van der Waals surface area contributed by atoms with Crippen LogP contribution in [0.5, 0.6) is 0 Å². The highest BCUT2D eigenvalue weighted by Crippen LogP contribution is 2.24. The van der Waals surface area contributed by atoms with Crippen molar-refractivity contribution < 1.29 is 18.0 Å². The summed E-state index contributed by atoms with van der Waals surface area (Å²) in [6, 6.07) is 23.3. The van der Waals surface area contributed by atoms with Crippen molar-refractivity contribution in [1.82, 2.24) is 10.2 Å². The summed E-state index contributed by atoms with van der Waals surface area (Å²) in [7, 11) is -3.80. The van der Waals surface area contributed by atoms with Crippen molar-refractivity contribution in [2.75, 3.05) is 23.7 Å². The SMILES string of the molecule is CCNC(=O)[C@@H](Cc1ccccc1)N(Cc1cccc(Br)c1)C(=O)CN(c1ccc(C(C)C)cc1)S(C)(=O)=O. The molecule has 39 heavy (non-hydrogen) atoms. The van der Waals surface area contributed by atoms with E-state index in [4.69, 9.17) is 0 Å². The highest BCUT2D eigenvalue weighted by Gasteiger charge is 2.32. The van der Waals surface area contributed by atoms with Gasteiger partial charge in [0.2, 0.25) is 21.8 Å². The van der Waals surface area contributed by atoms with Gasteiger partial charge in [0.25, 0.3) is 0 Å². The molecule has 0 unspecified atom stereocenters. The molecule has 0 saturated heterocycles. The molecule has 1 atom stereocenters. The zero-order valence-corrected chi connectivity index (χ0v) is 25.2. The largest absolute Gasteiger partial charge is 0.355 e. The van der Waals surface area contributed by atoms with E-state index in [9.17, 15) is 18.0 Å². The van der Waals surface area contributed by atoms with Crippen molar-refractivity contribution >= 4 is 43.5 Å². The number of carbonyl (C=O) groups excluding carboxylic acids is 2. The average molecular weight is 615 g/mol. The van der Waals surface area contributed by atoms with Gasteiger partial charge in [0.05, 0.1) is 11.9 Å². The molecule has 0 aliphatic carbocycles. The second-order valence-corrected chi connectivity index (χ2v) is 12.6. The summed E-state index contributed by atoms with van der Waals surface area (Å²) >= 11 is 3.48. The van der Waals surface area contributed by atoms with E-state index in [-0.39, 0.29) is 24.8 Å². The standard InChI is InChI=1S/C30H36BrN3O4S/c1-5-32-30(36)28(19-23-10-7-6-8-11-23)33(20-24-12-9-13-26(31)18-24)29(35)21-34(39(4,37)38)27-16-14-25(15-17-27)22(2)3/h6-18,22,28H,5,19-21H2,1-4H3,(H,32,36)/t28-/m1/s1. The van der Waals surface area contributed by atoms with E-state index < -0.39 is 28.5 Å². The number of benzene rings is 3. The highest BCUT2D eigenvalue weighted by molar-refractivity contribution is 9.10. The van der Waals surface area contributed by atoms with E-state index in [1.54, 1.807) is 12.1 Å². The van der Waals surface area contributed by atoms with E-state index >= 15 is 0 Å². The Morgan fingerprint density at radius 3 is 2.13 bits per heavy atom. The van der Waals surface area contributed by atoms with E-state index in [2.05, 4.69) is 35.1 Å². The first-order chi connectivity index (χ1) is 18.5. The Bertz CT molecular complexity index is 1360. The summed E-state index contributed by atoms with van der Waals surface area (Å²) in [5, 5.41) is 2.86. The summed E-state index contributed by atoms with van der Waals surface area (Å²) in [5.74, 6) is -0.485. The predicted molar refractivity (Wildman–Crippen MR) is 160 cm³/mol. The topological polar surface area (TPSA) is 86.8 Å². The van der Waals surface area contributed by atoms with Crippen LogP contribution in [0.3, 0.4) is 0 Å². The first-order valence-corrected chi connectivity index (χ1v) is 15.6. The van der Waals surface area contributed by atoms with Crippen LogP contribution in [0.1, 0.15) is 43.4 Å². The summed E-state index contributed by atoms with van der Waals surface area (Å²) in [4.78, 5) is 28.9. The second kappa shape index (κ2) is 13.8. The van der Waals surface area contributed by atoms with Crippen LogP contribution in [-0.4, -0.2) is 50.5 Å². The molecule has 0 aromatic heterocycles. The second-order valence-electron chi connectivity index (χ2n) is 9.77. The predicted octanol–water partition coefficient (Wildman–Crippen LogP) is 5.11. The van der Waals surface area contributed by atoms with Crippen LogP contribution in [0.15, 0.2) is 83.3 Å². The molecule has 7 nitrogen and oxygen atoms in total. The third kappa shape index (κ3) is 8.66. The fourth-order valence-corrected chi connectivity index (χ4v) is 5.61. The molecule has 0 saturated carbocycles. The highest BCUT2D eigenvalue weighted by atomic mass is 79.9. The maximum atomic E-state index is 14.0. The Morgan fingerprint density at radius 2 is 1.56 bits per heavy atom. The van der Waals surface area contributed by atoms with Gasteiger partial charge in [-0.25, -0.2) is 8.42 Å². The fourth-order valence-electron chi connectivity index (χ4n) is 4.32. The number of amides is 2. The van der Waals surface area contributed by atoms with Gasteiger partial charge in [-0.1, -0.05) is 84.4 Å². The molecule has 3 rings (SSSR count). The van der Waals surface area contributed by atoms with Crippen LogP contribution in [-0.2, 0) is 32.6 Å². The number of anilines is 1. The lowest BCUT2D eigenvalue weighted by Gasteiger charge is -2.33. The van der Waals surface area contributed by atoms with Crippen molar-refractivity contribution in [2.45, 2.75) is 45.7 Å². The minimum Gasteiger partial charge on any atom is -0.355 e. The summed E-state index contributed by atoms with van der Waals surface area (Å²) in [5.41, 5.74) is 3.17. The number of nitrogens with one attached hydrogen (secondary N) is 1. The number of hydrogen-bond donors (Lipinski definition) is 1. The molecule has 0 heterocycles. The minimum atomic E-state index is -3.80. The molecule has 3 aromatic rings. The zero-order chi connectivity index (χ0) is 28.6. The van der Waals surface area contributed by atoms with Crippen LogP contribution in [0.2, 0.25) is 0 Å². The van der Waals surface area contributed by atoms with Gasteiger partial charge in [-0.05, 0) is 53.8 Å². The lowest BCUT2D eigenvalue weighted by molar-refractivity contribution is -0.140. The molecule has 208 valence electrons. The number of halogens is 1. The van der Waals surface area contributed by atoms with E-state index in [0.717, 1.165) is 31.7 Å². The maximum Gasteiger partial charge on any atom is 0.244 e. The number of sulfonamides is 1. The number of nitrogens with zero attached hydrogens (tertiary/aromatic N) is 2. The number of carbonyl (C=O) groups is 2. The normalized spacial score (nSPS) is 12.2. The zero-order valence-electron chi connectivity index (χ0n) is 22.8. The summed E-state index contributed by atoms with van der Waals surface area (Å²) in [6.07, 6.45) is 1.37. The first kappa shape index (κ1) is 30.4. The van der Waals surface area contributed by atoms with Gasteiger partial charge < -0.3 is 10.2 Å². The number of rotatable bonds is 12. The molecule has 0 fully saturated rings. The lowest BCUT2D eigenvalue weighted by atomic mass is 10.0. The molecule has 0 aliphatic rings. The third-order valence-corrected chi connectivity index (χ3v) is 8.02. The average Bonchev–Trinajstić information content (AvgIpc) is 2.89. The Morgan fingerprint density at radius 1 is 0.923 bits per heavy atom. The van der Waals surface area contributed by atoms with Crippen LogP contribution in [0.4, 0.5) is 5.69 Å². The molecule has 1 N–H and O–H groups in total. The molecule has 0 radical (unpaired) electrons. The quantitative estimate of drug-likeness (QED) is 0.307. The van der Waals surface area contributed by atoms with Crippen molar-refractivity contribution in [3.05, 3.63) is 100 Å². The molecule has 0 bridgehead atoms. The minimum absolute atomic E-state index is 0.136. The monoisotopic (exact) mass is 613 g/mol. The number of likely N-dealkylation sites (N-methyl/N-ethyl adjacent to an activating group) is 1. The maximum absolute atomic E-state index is 14.0. The third-order valence-electron chi connectivity index (χ3n) is 6.39. The smallest absolute Gasteiger partial charge is 0.244 e. The van der Waals surface area contributed by atoms with E-state index in [0.29, 0.717) is 12.2 Å². The van der Waals surface area contributed by atoms with Gasteiger partial charge >= 0.3 is 0 Å². The van der Waals surface area contributed by atoms with Gasteiger partial charge in [0.15, 0.2) is 0 Å². The number of hydrogen-bond acceptors (Lipinski definition) is 4. The summed E-state index contributed by atoms with van der Waals surface area (Å²) < 4.78 is 27.7. The van der Waals surface area contributed by atoms with Crippen LogP contribution < -0.4 is 9.62 Å². The molecule has 9 heteroatoms. The summed E-state index contributed by atoms with van der Waals surface area (Å²) in [6.45, 7) is 6.04. The fraction of sp³-hybridized carbons (Fsp3) is 0.333. The van der Waals surface area contributed by atoms with Gasteiger partial charge in [0.1, 0.15) is 12.6 Å². The van der Waals surface area contributed by atoms with Crippen molar-refractivity contribution in [3.63, 3.8) is 0 Å². The van der Waals surface area contributed by atoms with E-state index in [1.165, 1.54) is 4.90 Å². The van der Waals surface area contributed by atoms with Crippen molar-refractivity contribution in [2.24, 2.45) is 0 Å². The lowest BCUT2D eigenvalue weighted by Crippen LogP contribution is -2.53. The molecular formula is C30H36BrN3O4S. The molecule has 0 aliphatic heterocycles. The Kier molecular flexibility index (Phi) is 10.7. The first-order valence-electron chi connectivity index (χ1n) is 12.9. The van der Waals surface area contributed by atoms with E-state index in [1.807, 2.05) is 73.7 Å². The molecular weight excluding hydrogens is 578 g/mol. The van der Waals surface area contributed by atoms with Crippen molar-refractivity contribution in [1.29, 1.82) is 0 Å². The van der Waals surface area contributed by atoms with Gasteiger partial charge in [-0.2, -0.15) is 0 Å². The Balaban J connectivity index is 2.03. The Hall–Kier alpha value is -3.17.